The second kappa shape index (κ2) is 7.33. The zero-order valence-electron chi connectivity index (χ0n) is 10.9. The number of anilines is 1. The summed E-state index contributed by atoms with van der Waals surface area (Å²) in [4.78, 5) is 0. The number of sulfonamides is 1. The van der Waals surface area contributed by atoms with Gasteiger partial charge in [-0.1, -0.05) is 36.2 Å². The van der Waals surface area contributed by atoms with E-state index < -0.39 is 15.3 Å². The molecule has 0 spiro atoms. The van der Waals surface area contributed by atoms with Crippen LogP contribution in [0.5, 0.6) is 0 Å². The molecule has 0 heterocycles. The van der Waals surface area contributed by atoms with Crippen LogP contribution in [-0.2, 0) is 10.0 Å². The lowest BCUT2D eigenvalue weighted by molar-refractivity contribution is 0.576. The SMILES string of the molecule is CCCNCC(C)S(=O)(=O)Nc1cccc(Cl)c1Cl. The van der Waals surface area contributed by atoms with Crippen molar-refractivity contribution in [3.63, 3.8) is 0 Å². The molecule has 19 heavy (non-hydrogen) atoms. The van der Waals surface area contributed by atoms with Gasteiger partial charge in [-0.15, -0.1) is 0 Å². The van der Waals surface area contributed by atoms with Crippen molar-refractivity contribution in [1.82, 2.24) is 5.32 Å². The molecule has 1 aromatic rings. The molecule has 1 atom stereocenters. The summed E-state index contributed by atoms with van der Waals surface area (Å²) < 4.78 is 26.7. The average molecular weight is 325 g/mol. The first-order valence-corrected chi connectivity index (χ1v) is 8.35. The highest BCUT2D eigenvalue weighted by molar-refractivity contribution is 7.93. The highest BCUT2D eigenvalue weighted by Crippen LogP contribution is 2.30. The Labute approximate surface area is 124 Å². The van der Waals surface area contributed by atoms with E-state index in [9.17, 15) is 8.42 Å². The Morgan fingerprint density at radius 3 is 2.63 bits per heavy atom. The minimum Gasteiger partial charge on any atom is -0.315 e. The molecule has 0 saturated heterocycles. The van der Waals surface area contributed by atoms with E-state index in [1.807, 2.05) is 6.92 Å². The van der Waals surface area contributed by atoms with Gasteiger partial charge in [-0.2, -0.15) is 0 Å². The van der Waals surface area contributed by atoms with E-state index in [1.54, 1.807) is 25.1 Å². The molecule has 108 valence electrons. The lowest BCUT2D eigenvalue weighted by atomic mass is 10.3. The Bertz CT molecular complexity index is 520. The summed E-state index contributed by atoms with van der Waals surface area (Å²) in [5.74, 6) is 0. The maximum atomic E-state index is 12.1. The molecule has 0 aliphatic carbocycles. The molecule has 0 aliphatic rings. The Morgan fingerprint density at radius 1 is 1.32 bits per heavy atom. The number of hydrogen-bond acceptors (Lipinski definition) is 3. The fraction of sp³-hybridized carbons (Fsp3) is 0.500. The predicted molar refractivity (Wildman–Crippen MR) is 81.6 cm³/mol. The lowest BCUT2D eigenvalue weighted by Gasteiger charge is -2.16. The topological polar surface area (TPSA) is 58.2 Å². The second-order valence-electron chi connectivity index (χ2n) is 4.26. The van der Waals surface area contributed by atoms with Crippen LogP contribution in [0.15, 0.2) is 18.2 Å². The number of rotatable bonds is 7. The molecule has 1 unspecified atom stereocenters. The summed E-state index contributed by atoms with van der Waals surface area (Å²) in [5, 5.41) is 3.04. The van der Waals surface area contributed by atoms with Crippen LogP contribution >= 0.6 is 23.2 Å². The smallest absolute Gasteiger partial charge is 0.236 e. The van der Waals surface area contributed by atoms with Crippen LogP contribution in [0.25, 0.3) is 0 Å². The molecule has 1 aromatic carbocycles. The Balaban J connectivity index is 2.76. The molecule has 0 saturated carbocycles. The van der Waals surface area contributed by atoms with E-state index in [2.05, 4.69) is 10.0 Å². The van der Waals surface area contributed by atoms with Crippen LogP contribution in [0.4, 0.5) is 5.69 Å². The van der Waals surface area contributed by atoms with Gasteiger partial charge in [0.25, 0.3) is 0 Å². The quantitative estimate of drug-likeness (QED) is 0.757. The molecular formula is C12H18Cl2N2O2S. The van der Waals surface area contributed by atoms with Crippen molar-refractivity contribution in [3.8, 4) is 0 Å². The van der Waals surface area contributed by atoms with Gasteiger partial charge in [-0.3, -0.25) is 4.72 Å². The van der Waals surface area contributed by atoms with Gasteiger partial charge in [0.1, 0.15) is 0 Å². The molecule has 1 rings (SSSR count). The van der Waals surface area contributed by atoms with Crippen LogP contribution < -0.4 is 10.0 Å². The van der Waals surface area contributed by atoms with Gasteiger partial charge in [0.05, 0.1) is 21.0 Å². The third-order valence-electron chi connectivity index (χ3n) is 2.59. The van der Waals surface area contributed by atoms with Gasteiger partial charge in [0, 0.05) is 6.54 Å². The minimum absolute atomic E-state index is 0.210. The number of halogens is 2. The summed E-state index contributed by atoms with van der Waals surface area (Å²) >= 11 is 11.8. The van der Waals surface area contributed by atoms with Crippen molar-refractivity contribution in [1.29, 1.82) is 0 Å². The minimum atomic E-state index is -3.49. The van der Waals surface area contributed by atoms with Gasteiger partial charge < -0.3 is 5.32 Å². The van der Waals surface area contributed by atoms with Gasteiger partial charge in [-0.05, 0) is 32.0 Å². The number of nitrogens with one attached hydrogen (secondary N) is 2. The van der Waals surface area contributed by atoms with E-state index in [0.717, 1.165) is 13.0 Å². The van der Waals surface area contributed by atoms with Crippen LogP contribution in [0.2, 0.25) is 10.0 Å². The summed E-state index contributed by atoms with van der Waals surface area (Å²) in [5.41, 5.74) is 0.302. The van der Waals surface area contributed by atoms with Gasteiger partial charge in [-0.25, -0.2) is 8.42 Å². The number of hydrogen-bond donors (Lipinski definition) is 2. The van der Waals surface area contributed by atoms with E-state index in [-0.39, 0.29) is 5.02 Å². The molecule has 0 aliphatic heterocycles. The second-order valence-corrected chi connectivity index (χ2v) is 7.15. The van der Waals surface area contributed by atoms with Crippen molar-refractivity contribution < 1.29 is 8.42 Å². The van der Waals surface area contributed by atoms with Crippen LogP contribution in [0.3, 0.4) is 0 Å². The van der Waals surface area contributed by atoms with Crippen molar-refractivity contribution >= 4 is 38.9 Å². The van der Waals surface area contributed by atoms with Gasteiger partial charge >= 0.3 is 0 Å². The zero-order valence-corrected chi connectivity index (χ0v) is 13.2. The Hall–Kier alpha value is -0.490. The Morgan fingerprint density at radius 2 is 2.00 bits per heavy atom. The fourth-order valence-corrected chi connectivity index (χ4v) is 2.85. The first-order valence-electron chi connectivity index (χ1n) is 6.04. The van der Waals surface area contributed by atoms with E-state index in [0.29, 0.717) is 17.3 Å². The molecular weight excluding hydrogens is 307 g/mol. The molecule has 7 heteroatoms. The largest absolute Gasteiger partial charge is 0.315 e. The van der Waals surface area contributed by atoms with Crippen molar-refractivity contribution in [2.24, 2.45) is 0 Å². The molecule has 0 fully saturated rings. The zero-order chi connectivity index (χ0) is 14.5. The third-order valence-corrected chi connectivity index (χ3v) is 5.14. The van der Waals surface area contributed by atoms with Crippen molar-refractivity contribution in [2.45, 2.75) is 25.5 Å². The van der Waals surface area contributed by atoms with Crippen molar-refractivity contribution in [2.75, 3.05) is 17.8 Å². The highest BCUT2D eigenvalue weighted by atomic mass is 35.5. The van der Waals surface area contributed by atoms with Crippen LogP contribution in [-0.4, -0.2) is 26.8 Å². The predicted octanol–water partition coefficient (Wildman–Crippen LogP) is 3.12. The standard InChI is InChI=1S/C12H18Cl2N2O2S/c1-3-7-15-8-9(2)19(17,18)16-11-6-4-5-10(13)12(11)14/h4-6,9,15-16H,3,7-8H2,1-2H3. The average Bonchev–Trinajstić information content (AvgIpc) is 2.35. The van der Waals surface area contributed by atoms with Gasteiger partial charge in [0.2, 0.25) is 10.0 Å². The maximum absolute atomic E-state index is 12.1. The van der Waals surface area contributed by atoms with E-state index in [1.165, 1.54) is 0 Å². The lowest BCUT2D eigenvalue weighted by Crippen LogP contribution is -2.35. The molecule has 0 radical (unpaired) electrons. The normalized spacial score (nSPS) is 13.3. The highest BCUT2D eigenvalue weighted by Gasteiger charge is 2.21. The summed E-state index contributed by atoms with van der Waals surface area (Å²) in [7, 11) is -3.49. The molecule has 0 aromatic heterocycles. The first-order chi connectivity index (χ1) is 8.88. The first kappa shape index (κ1) is 16.6. The van der Waals surface area contributed by atoms with E-state index >= 15 is 0 Å². The molecule has 0 amide bonds. The van der Waals surface area contributed by atoms with Crippen LogP contribution in [0.1, 0.15) is 20.3 Å². The summed E-state index contributed by atoms with van der Waals surface area (Å²) in [6.45, 7) is 4.85. The van der Waals surface area contributed by atoms with Crippen LogP contribution in [0, 0.1) is 0 Å². The van der Waals surface area contributed by atoms with Crippen molar-refractivity contribution in [3.05, 3.63) is 28.2 Å². The van der Waals surface area contributed by atoms with E-state index in [4.69, 9.17) is 23.2 Å². The monoisotopic (exact) mass is 324 g/mol. The fourth-order valence-electron chi connectivity index (χ4n) is 1.43. The van der Waals surface area contributed by atoms with Gasteiger partial charge in [0.15, 0.2) is 0 Å². The third kappa shape index (κ3) is 4.84. The molecule has 4 nitrogen and oxygen atoms in total. The maximum Gasteiger partial charge on any atom is 0.236 e. The summed E-state index contributed by atoms with van der Waals surface area (Å²) in [6, 6.07) is 4.83. The number of benzene rings is 1. The summed E-state index contributed by atoms with van der Waals surface area (Å²) in [6.07, 6.45) is 0.959. The Kier molecular flexibility index (Phi) is 6.39. The molecule has 0 bridgehead atoms. The molecule has 2 N–H and O–H groups in total.